The summed E-state index contributed by atoms with van der Waals surface area (Å²) in [5.74, 6) is -0.0662. The molecule has 5 heteroatoms. The molecule has 0 bridgehead atoms. The number of rotatable bonds is 4. The molecule has 0 spiro atoms. The van der Waals surface area contributed by atoms with Crippen LogP contribution in [0.2, 0.25) is 0 Å². The number of carbonyl (C=O) groups excluding carboxylic acids is 1. The molecule has 1 aromatic rings. The first-order valence-corrected chi connectivity index (χ1v) is 6.56. The van der Waals surface area contributed by atoms with Crippen LogP contribution in [-0.4, -0.2) is 24.5 Å². The van der Waals surface area contributed by atoms with E-state index in [0.717, 1.165) is 5.75 Å². The van der Waals surface area contributed by atoms with Gasteiger partial charge in [-0.05, 0) is 34.3 Å². The predicted octanol–water partition coefficient (Wildman–Crippen LogP) is 2.68. The van der Waals surface area contributed by atoms with Gasteiger partial charge in [-0.25, -0.2) is 4.39 Å². The summed E-state index contributed by atoms with van der Waals surface area (Å²) in [6, 6.07) is 4.67. The Bertz CT molecular complexity index is 359. The summed E-state index contributed by atoms with van der Waals surface area (Å²) in [5, 5.41) is 2.65. The summed E-state index contributed by atoms with van der Waals surface area (Å²) in [5.41, 5.74) is 0.0745. The first-order valence-electron chi connectivity index (χ1n) is 4.38. The van der Waals surface area contributed by atoms with Gasteiger partial charge in [0, 0.05) is 12.3 Å². The average molecular weight is 292 g/mol. The van der Waals surface area contributed by atoms with E-state index in [0.29, 0.717) is 11.0 Å². The van der Waals surface area contributed by atoms with Crippen molar-refractivity contribution in [3.8, 4) is 0 Å². The number of nitrogens with one attached hydrogen (secondary N) is 1. The molecule has 1 amide bonds. The molecule has 15 heavy (non-hydrogen) atoms. The monoisotopic (exact) mass is 291 g/mol. The van der Waals surface area contributed by atoms with Gasteiger partial charge in [0.15, 0.2) is 0 Å². The fraction of sp³-hybridized carbons (Fsp3) is 0.300. The number of thioether (sulfide) groups is 1. The van der Waals surface area contributed by atoms with E-state index in [9.17, 15) is 9.18 Å². The topological polar surface area (TPSA) is 29.1 Å². The highest BCUT2D eigenvalue weighted by Crippen LogP contribution is 2.18. The van der Waals surface area contributed by atoms with E-state index in [1.165, 1.54) is 6.07 Å². The van der Waals surface area contributed by atoms with E-state index in [-0.39, 0.29) is 11.5 Å². The average Bonchev–Trinajstić information content (AvgIpc) is 2.22. The largest absolute Gasteiger partial charge is 0.351 e. The van der Waals surface area contributed by atoms with E-state index < -0.39 is 5.82 Å². The lowest BCUT2D eigenvalue weighted by Gasteiger charge is -2.05. The number of amides is 1. The molecule has 0 atom stereocenters. The van der Waals surface area contributed by atoms with Crippen molar-refractivity contribution < 1.29 is 9.18 Å². The summed E-state index contributed by atoms with van der Waals surface area (Å²) in [4.78, 5) is 11.5. The third-order valence-electron chi connectivity index (χ3n) is 1.79. The van der Waals surface area contributed by atoms with Gasteiger partial charge in [0.05, 0.1) is 10.0 Å². The molecule has 0 saturated heterocycles. The molecule has 2 nitrogen and oxygen atoms in total. The third-order valence-corrected chi connectivity index (χ3v) is 3.01. The zero-order valence-corrected chi connectivity index (χ0v) is 10.6. The Morgan fingerprint density at radius 2 is 2.33 bits per heavy atom. The second-order valence-corrected chi connectivity index (χ2v) is 4.69. The lowest BCUT2D eigenvalue weighted by atomic mass is 10.2. The van der Waals surface area contributed by atoms with Crippen LogP contribution in [0.3, 0.4) is 0 Å². The molecule has 0 aromatic heterocycles. The van der Waals surface area contributed by atoms with Crippen molar-refractivity contribution in [3.63, 3.8) is 0 Å². The van der Waals surface area contributed by atoms with Crippen molar-refractivity contribution in [2.75, 3.05) is 18.6 Å². The summed E-state index contributed by atoms with van der Waals surface area (Å²) >= 11 is 4.67. The molecule has 0 aliphatic carbocycles. The number of halogens is 2. The molecule has 0 aliphatic heterocycles. The molecule has 1 rings (SSSR count). The minimum atomic E-state index is -0.515. The molecule has 0 heterocycles. The fourth-order valence-electron chi connectivity index (χ4n) is 1.04. The van der Waals surface area contributed by atoms with Crippen molar-refractivity contribution in [3.05, 3.63) is 34.1 Å². The lowest BCUT2D eigenvalue weighted by Crippen LogP contribution is -2.26. The Hall–Kier alpha value is -0.550. The zero-order valence-electron chi connectivity index (χ0n) is 8.22. The van der Waals surface area contributed by atoms with Crippen LogP contribution in [-0.2, 0) is 0 Å². The van der Waals surface area contributed by atoms with Crippen LogP contribution in [0.5, 0.6) is 0 Å². The van der Waals surface area contributed by atoms with Crippen LogP contribution >= 0.6 is 27.7 Å². The maximum absolute atomic E-state index is 13.4. The van der Waals surface area contributed by atoms with E-state index in [1.807, 2.05) is 6.26 Å². The van der Waals surface area contributed by atoms with Gasteiger partial charge < -0.3 is 5.32 Å². The number of benzene rings is 1. The van der Waals surface area contributed by atoms with Crippen LogP contribution in [0.4, 0.5) is 4.39 Å². The highest BCUT2D eigenvalue weighted by molar-refractivity contribution is 9.10. The maximum atomic E-state index is 13.4. The molecule has 1 aromatic carbocycles. The quantitative estimate of drug-likeness (QED) is 0.864. The Kier molecular flexibility index (Phi) is 5.11. The first kappa shape index (κ1) is 12.5. The normalized spacial score (nSPS) is 10.1. The maximum Gasteiger partial charge on any atom is 0.254 e. The van der Waals surface area contributed by atoms with Crippen LogP contribution in [0.15, 0.2) is 22.7 Å². The van der Waals surface area contributed by atoms with Crippen molar-refractivity contribution in [2.45, 2.75) is 0 Å². The van der Waals surface area contributed by atoms with E-state index in [1.54, 1.807) is 23.9 Å². The van der Waals surface area contributed by atoms with Gasteiger partial charge in [-0.3, -0.25) is 4.79 Å². The number of carbonyl (C=O) groups is 1. The second kappa shape index (κ2) is 6.12. The Morgan fingerprint density at radius 1 is 1.60 bits per heavy atom. The minimum Gasteiger partial charge on any atom is -0.351 e. The van der Waals surface area contributed by atoms with Gasteiger partial charge in [-0.1, -0.05) is 6.07 Å². The lowest BCUT2D eigenvalue weighted by molar-refractivity contribution is 0.0952. The van der Waals surface area contributed by atoms with E-state index >= 15 is 0 Å². The molecule has 1 N–H and O–H groups in total. The van der Waals surface area contributed by atoms with Crippen LogP contribution < -0.4 is 5.32 Å². The van der Waals surface area contributed by atoms with Crippen molar-refractivity contribution in [2.24, 2.45) is 0 Å². The van der Waals surface area contributed by atoms with Gasteiger partial charge in [-0.15, -0.1) is 0 Å². The van der Waals surface area contributed by atoms with Gasteiger partial charge in [0.25, 0.3) is 5.91 Å². The van der Waals surface area contributed by atoms with Gasteiger partial charge in [0.1, 0.15) is 5.82 Å². The van der Waals surface area contributed by atoms with Gasteiger partial charge in [-0.2, -0.15) is 11.8 Å². The third kappa shape index (κ3) is 3.50. The summed E-state index contributed by atoms with van der Waals surface area (Å²) in [6.07, 6.45) is 1.95. The van der Waals surface area contributed by atoms with Crippen LogP contribution in [0.25, 0.3) is 0 Å². The Morgan fingerprint density at radius 3 is 3.00 bits per heavy atom. The fourth-order valence-corrected chi connectivity index (χ4v) is 1.71. The number of hydrogen-bond donors (Lipinski definition) is 1. The molecule has 0 saturated carbocycles. The summed E-state index contributed by atoms with van der Waals surface area (Å²) < 4.78 is 13.8. The van der Waals surface area contributed by atoms with Gasteiger partial charge >= 0.3 is 0 Å². The SMILES string of the molecule is CSCCNC(=O)c1cccc(Br)c1F. The van der Waals surface area contributed by atoms with Crippen LogP contribution in [0, 0.1) is 5.82 Å². The Labute approximate surface area is 101 Å². The zero-order chi connectivity index (χ0) is 11.3. The van der Waals surface area contributed by atoms with Crippen molar-refractivity contribution in [1.82, 2.24) is 5.32 Å². The molecular weight excluding hydrogens is 281 g/mol. The van der Waals surface area contributed by atoms with Gasteiger partial charge in [0.2, 0.25) is 0 Å². The molecule has 82 valence electrons. The first-order chi connectivity index (χ1) is 7.16. The smallest absolute Gasteiger partial charge is 0.254 e. The highest BCUT2D eigenvalue weighted by Gasteiger charge is 2.12. The summed E-state index contributed by atoms with van der Waals surface area (Å²) in [7, 11) is 0. The molecule has 0 aliphatic rings. The number of hydrogen-bond acceptors (Lipinski definition) is 2. The molecular formula is C10H11BrFNOS. The van der Waals surface area contributed by atoms with Crippen molar-refractivity contribution >= 4 is 33.6 Å². The van der Waals surface area contributed by atoms with Crippen molar-refractivity contribution in [1.29, 1.82) is 0 Å². The highest BCUT2D eigenvalue weighted by atomic mass is 79.9. The standard InChI is InChI=1S/C10H11BrFNOS/c1-15-6-5-13-10(14)7-3-2-4-8(11)9(7)12/h2-4H,5-6H2,1H3,(H,13,14). The molecule has 0 fully saturated rings. The minimum absolute atomic E-state index is 0.0745. The molecule has 0 unspecified atom stereocenters. The predicted molar refractivity (Wildman–Crippen MR) is 64.8 cm³/mol. The Balaban J connectivity index is 2.69. The summed E-state index contributed by atoms with van der Waals surface area (Å²) in [6.45, 7) is 0.548. The van der Waals surface area contributed by atoms with Crippen LogP contribution in [0.1, 0.15) is 10.4 Å². The second-order valence-electron chi connectivity index (χ2n) is 2.85. The van der Waals surface area contributed by atoms with E-state index in [2.05, 4.69) is 21.2 Å². The molecule has 0 radical (unpaired) electrons. The van der Waals surface area contributed by atoms with E-state index in [4.69, 9.17) is 0 Å².